The van der Waals surface area contributed by atoms with Crippen molar-refractivity contribution in [1.29, 1.82) is 0 Å². The van der Waals surface area contributed by atoms with Crippen LogP contribution in [0.25, 0.3) is 20.9 Å². The van der Waals surface area contributed by atoms with E-state index >= 15 is 0 Å². The first-order chi connectivity index (χ1) is 12.8. The number of aromatic nitrogens is 4. The lowest BCUT2D eigenvalue weighted by Gasteiger charge is -2.09. The number of nitrogens with zero attached hydrogens (tertiary/aromatic N) is 4. The zero-order valence-corrected chi connectivity index (χ0v) is 16.1. The SMILES string of the molecule is C=CCn1c(SCc2csc(-c3ccccn3)n2)nc2sccc2c1=O. The molecule has 26 heavy (non-hydrogen) atoms. The van der Waals surface area contributed by atoms with Crippen molar-refractivity contribution < 1.29 is 0 Å². The van der Waals surface area contributed by atoms with Gasteiger partial charge in [0.1, 0.15) is 9.84 Å². The van der Waals surface area contributed by atoms with Crippen LogP contribution in [0, 0.1) is 0 Å². The Morgan fingerprint density at radius 1 is 1.23 bits per heavy atom. The van der Waals surface area contributed by atoms with E-state index in [0.29, 0.717) is 22.8 Å². The van der Waals surface area contributed by atoms with E-state index in [4.69, 9.17) is 0 Å². The Morgan fingerprint density at radius 2 is 2.15 bits per heavy atom. The van der Waals surface area contributed by atoms with Gasteiger partial charge in [-0.1, -0.05) is 23.9 Å². The molecule has 0 aliphatic rings. The van der Waals surface area contributed by atoms with Gasteiger partial charge in [0.15, 0.2) is 5.16 Å². The van der Waals surface area contributed by atoms with Crippen molar-refractivity contribution in [2.75, 3.05) is 0 Å². The number of allylic oxidation sites excluding steroid dienone is 1. The number of fused-ring (bicyclic) bond motifs is 1. The van der Waals surface area contributed by atoms with E-state index in [1.807, 2.05) is 35.0 Å². The van der Waals surface area contributed by atoms with Gasteiger partial charge in [-0.15, -0.1) is 29.3 Å². The molecule has 5 nitrogen and oxygen atoms in total. The van der Waals surface area contributed by atoms with Crippen molar-refractivity contribution in [3.8, 4) is 10.7 Å². The van der Waals surface area contributed by atoms with Crippen molar-refractivity contribution in [3.05, 3.63) is 69.9 Å². The molecule has 0 aromatic carbocycles. The summed E-state index contributed by atoms with van der Waals surface area (Å²) >= 11 is 4.56. The zero-order valence-electron chi connectivity index (χ0n) is 13.7. The summed E-state index contributed by atoms with van der Waals surface area (Å²) in [5.41, 5.74) is 1.80. The van der Waals surface area contributed by atoms with Gasteiger partial charge in [0.05, 0.1) is 16.8 Å². The van der Waals surface area contributed by atoms with Gasteiger partial charge in [0, 0.05) is 23.9 Å². The predicted octanol–water partition coefficient (Wildman–Crippen LogP) is 4.45. The van der Waals surface area contributed by atoms with Crippen LogP contribution in [0.4, 0.5) is 0 Å². The van der Waals surface area contributed by atoms with Crippen molar-refractivity contribution in [1.82, 2.24) is 19.5 Å². The highest BCUT2D eigenvalue weighted by Gasteiger charge is 2.13. The molecule has 0 saturated heterocycles. The van der Waals surface area contributed by atoms with E-state index in [2.05, 4.69) is 21.5 Å². The molecule has 4 aromatic heterocycles. The number of thiophene rings is 1. The molecule has 4 rings (SSSR count). The number of rotatable bonds is 6. The minimum absolute atomic E-state index is 0.0221. The van der Waals surface area contributed by atoms with Crippen LogP contribution in [0.1, 0.15) is 5.69 Å². The first-order valence-electron chi connectivity index (χ1n) is 7.84. The Morgan fingerprint density at radius 3 is 2.96 bits per heavy atom. The van der Waals surface area contributed by atoms with Gasteiger partial charge in [-0.3, -0.25) is 14.3 Å². The number of thiazole rings is 1. The second-order valence-electron chi connectivity index (χ2n) is 5.39. The fourth-order valence-corrected chi connectivity index (χ4v) is 5.06. The Hall–Kier alpha value is -2.29. The van der Waals surface area contributed by atoms with Gasteiger partial charge in [0.25, 0.3) is 5.56 Å². The lowest BCUT2D eigenvalue weighted by molar-refractivity contribution is 0.672. The van der Waals surface area contributed by atoms with Gasteiger partial charge in [0.2, 0.25) is 0 Å². The maximum Gasteiger partial charge on any atom is 0.263 e. The van der Waals surface area contributed by atoms with E-state index < -0.39 is 0 Å². The van der Waals surface area contributed by atoms with Crippen LogP contribution in [0.15, 0.2) is 63.8 Å². The van der Waals surface area contributed by atoms with Crippen molar-refractivity contribution >= 4 is 44.7 Å². The highest BCUT2D eigenvalue weighted by Crippen LogP contribution is 2.27. The molecule has 0 aliphatic carbocycles. The molecular formula is C18H14N4OS3. The van der Waals surface area contributed by atoms with Crippen LogP contribution in [0.3, 0.4) is 0 Å². The van der Waals surface area contributed by atoms with Gasteiger partial charge >= 0.3 is 0 Å². The molecule has 0 bridgehead atoms. The largest absolute Gasteiger partial charge is 0.283 e. The van der Waals surface area contributed by atoms with Crippen molar-refractivity contribution in [2.24, 2.45) is 0 Å². The molecule has 0 aliphatic heterocycles. The molecule has 0 fully saturated rings. The smallest absolute Gasteiger partial charge is 0.263 e. The molecule has 0 spiro atoms. The van der Waals surface area contributed by atoms with Crippen LogP contribution < -0.4 is 5.56 Å². The summed E-state index contributed by atoms with van der Waals surface area (Å²) in [6.07, 6.45) is 3.48. The summed E-state index contributed by atoms with van der Waals surface area (Å²) < 4.78 is 1.67. The first kappa shape index (κ1) is 17.1. The van der Waals surface area contributed by atoms with Crippen LogP contribution in [-0.2, 0) is 12.3 Å². The average Bonchev–Trinajstić information content (AvgIpc) is 3.33. The summed E-state index contributed by atoms with van der Waals surface area (Å²) in [6.45, 7) is 4.19. The fourth-order valence-electron chi connectivity index (χ4n) is 2.45. The molecule has 0 saturated carbocycles. The first-order valence-corrected chi connectivity index (χ1v) is 10.6. The second-order valence-corrected chi connectivity index (χ2v) is 8.08. The van der Waals surface area contributed by atoms with Crippen molar-refractivity contribution in [2.45, 2.75) is 17.5 Å². The van der Waals surface area contributed by atoms with E-state index in [1.54, 1.807) is 28.2 Å². The monoisotopic (exact) mass is 398 g/mol. The highest BCUT2D eigenvalue weighted by atomic mass is 32.2. The summed E-state index contributed by atoms with van der Waals surface area (Å²) in [7, 11) is 0. The van der Waals surface area contributed by atoms with Gasteiger partial charge < -0.3 is 0 Å². The average molecular weight is 399 g/mol. The molecule has 8 heteroatoms. The lowest BCUT2D eigenvalue weighted by Crippen LogP contribution is -2.22. The molecular weight excluding hydrogens is 384 g/mol. The summed E-state index contributed by atoms with van der Waals surface area (Å²) in [4.78, 5) is 27.1. The third kappa shape index (κ3) is 3.35. The lowest BCUT2D eigenvalue weighted by atomic mass is 10.4. The molecule has 4 heterocycles. The molecule has 0 radical (unpaired) electrons. The number of hydrogen-bond donors (Lipinski definition) is 0. The number of hydrogen-bond acceptors (Lipinski definition) is 7. The summed E-state index contributed by atoms with van der Waals surface area (Å²) in [5, 5.41) is 6.16. The molecule has 4 aromatic rings. The molecule has 0 amide bonds. The van der Waals surface area contributed by atoms with E-state index in [1.165, 1.54) is 23.1 Å². The van der Waals surface area contributed by atoms with Gasteiger partial charge in [-0.2, -0.15) is 0 Å². The molecule has 0 N–H and O–H groups in total. The summed E-state index contributed by atoms with van der Waals surface area (Å²) in [5.74, 6) is 0.643. The van der Waals surface area contributed by atoms with E-state index in [9.17, 15) is 4.79 Å². The topological polar surface area (TPSA) is 60.7 Å². The van der Waals surface area contributed by atoms with Gasteiger partial charge in [-0.25, -0.2) is 9.97 Å². The highest BCUT2D eigenvalue weighted by molar-refractivity contribution is 7.98. The standard InChI is InChI=1S/C18H14N4OS3/c1-2-8-22-17(23)13-6-9-24-15(13)21-18(22)26-11-12-10-25-16(20-12)14-5-3-4-7-19-14/h2-7,9-10H,1,8,11H2. The maximum atomic E-state index is 12.6. The van der Waals surface area contributed by atoms with E-state index in [-0.39, 0.29) is 5.56 Å². The van der Waals surface area contributed by atoms with E-state index in [0.717, 1.165) is 21.2 Å². The fraction of sp³-hybridized carbons (Fsp3) is 0.111. The Bertz CT molecular complexity index is 1110. The minimum Gasteiger partial charge on any atom is -0.283 e. The zero-order chi connectivity index (χ0) is 17.9. The Labute approximate surface area is 162 Å². The predicted molar refractivity (Wildman–Crippen MR) is 109 cm³/mol. The molecule has 0 unspecified atom stereocenters. The molecule has 130 valence electrons. The Kier molecular flexibility index (Phi) is 4.96. The minimum atomic E-state index is -0.0221. The van der Waals surface area contributed by atoms with Crippen molar-refractivity contribution in [3.63, 3.8) is 0 Å². The van der Waals surface area contributed by atoms with Crippen LogP contribution >= 0.6 is 34.4 Å². The third-order valence-electron chi connectivity index (χ3n) is 3.65. The second kappa shape index (κ2) is 7.53. The van der Waals surface area contributed by atoms with Crippen LogP contribution in [0.2, 0.25) is 0 Å². The third-order valence-corrected chi connectivity index (χ3v) is 6.38. The van der Waals surface area contributed by atoms with Crippen LogP contribution in [0.5, 0.6) is 0 Å². The Balaban J connectivity index is 1.60. The number of pyridine rings is 1. The molecule has 0 atom stereocenters. The number of thioether (sulfide) groups is 1. The normalized spacial score (nSPS) is 11.1. The van der Waals surface area contributed by atoms with Crippen LogP contribution in [-0.4, -0.2) is 19.5 Å². The quantitative estimate of drug-likeness (QED) is 0.273. The summed E-state index contributed by atoms with van der Waals surface area (Å²) in [6, 6.07) is 7.61. The maximum absolute atomic E-state index is 12.6. The van der Waals surface area contributed by atoms with Gasteiger partial charge in [-0.05, 0) is 23.6 Å².